The van der Waals surface area contributed by atoms with Crippen LogP contribution in [0.3, 0.4) is 0 Å². The molecule has 0 radical (unpaired) electrons. The molecule has 2 rings (SSSR count). The predicted octanol–water partition coefficient (Wildman–Crippen LogP) is 2.57. The lowest BCUT2D eigenvalue weighted by Crippen LogP contribution is -2.45. The Morgan fingerprint density at radius 3 is 2.50 bits per heavy atom. The van der Waals surface area contributed by atoms with Crippen LogP contribution in [0, 0.1) is 0 Å². The van der Waals surface area contributed by atoms with E-state index in [9.17, 15) is 5.11 Å². The average Bonchev–Trinajstić information content (AvgIpc) is 2.52. The van der Waals surface area contributed by atoms with Crippen LogP contribution in [-0.4, -0.2) is 49.9 Å². The Morgan fingerprint density at radius 2 is 1.95 bits per heavy atom. The van der Waals surface area contributed by atoms with Crippen LogP contribution < -0.4 is 10.1 Å². The third-order valence-electron chi connectivity index (χ3n) is 4.27. The first-order valence-corrected chi connectivity index (χ1v) is 7.90. The summed E-state index contributed by atoms with van der Waals surface area (Å²) >= 11 is 0. The van der Waals surface area contributed by atoms with Gasteiger partial charge >= 0.3 is 0 Å². The van der Waals surface area contributed by atoms with Crippen molar-refractivity contribution < 1.29 is 9.84 Å². The molecule has 0 saturated carbocycles. The lowest BCUT2D eigenvalue weighted by atomic mass is 9.94. The molecule has 4 nitrogen and oxygen atoms in total. The van der Waals surface area contributed by atoms with E-state index in [0.29, 0.717) is 5.92 Å². The monoisotopic (exact) mass is 328 g/mol. The third kappa shape index (κ3) is 4.59. The molecule has 1 aliphatic rings. The Hall–Kier alpha value is -0.810. The average molecular weight is 329 g/mol. The minimum absolute atomic E-state index is 0. The Bertz CT molecular complexity index is 448. The molecule has 1 atom stereocenters. The topological polar surface area (TPSA) is 44.7 Å². The number of hydrogen-bond donors (Lipinski definition) is 2. The smallest absolute Gasteiger partial charge is 0.123 e. The highest BCUT2D eigenvalue weighted by atomic mass is 35.5. The van der Waals surface area contributed by atoms with Gasteiger partial charge in [-0.25, -0.2) is 0 Å². The molecular weight excluding hydrogens is 300 g/mol. The molecule has 22 heavy (non-hydrogen) atoms. The maximum Gasteiger partial charge on any atom is 0.123 e. The number of aliphatic hydroxyl groups excluding tert-OH is 1. The van der Waals surface area contributed by atoms with Gasteiger partial charge < -0.3 is 15.2 Å². The van der Waals surface area contributed by atoms with Crippen molar-refractivity contribution in [3.8, 4) is 5.75 Å². The molecule has 2 N–H and O–H groups in total. The quantitative estimate of drug-likeness (QED) is 0.842. The lowest BCUT2D eigenvalue weighted by Gasteiger charge is -2.36. The van der Waals surface area contributed by atoms with Gasteiger partial charge in [-0.1, -0.05) is 26.0 Å². The van der Waals surface area contributed by atoms with E-state index in [1.807, 2.05) is 0 Å². The molecule has 1 fully saturated rings. The number of benzene rings is 1. The fourth-order valence-corrected chi connectivity index (χ4v) is 3.02. The van der Waals surface area contributed by atoms with E-state index in [4.69, 9.17) is 4.74 Å². The van der Waals surface area contributed by atoms with Crippen molar-refractivity contribution in [2.45, 2.75) is 32.2 Å². The van der Waals surface area contributed by atoms with Crippen molar-refractivity contribution >= 4 is 12.4 Å². The summed E-state index contributed by atoms with van der Waals surface area (Å²) < 4.78 is 5.57. The molecule has 0 bridgehead atoms. The van der Waals surface area contributed by atoms with E-state index < -0.39 is 0 Å². The van der Waals surface area contributed by atoms with Crippen molar-refractivity contribution in [2.24, 2.45) is 0 Å². The van der Waals surface area contributed by atoms with Crippen molar-refractivity contribution in [3.05, 3.63) is 29.3 Å². The number of rotatable bonds is 6. The summed E-state index contributed by atoms with van der Waals surface area (Å²) in [5, 5.41) is 12.9. The standard InChI is InChI=1S/C17H28N2O2.ClH/c1-13(2)14-4-5-17(21-3)15(12-14)16(6-11-20)19-9-7-18-8-10-19;/h4-5,12-13,16,18,20H,6-11H2,1-3H3;1H/t16-;/m0./s1. The van der Waals surface area contributed by atoms with E-state index >= 15 is 0 Å². The van der Waals surface area contributed by atoms with Crippen LogP contribution in [0.2, 0.25) is 0 Å². The molecule has 1 heterocycles. The minimum Gasteiger partial charge on any atom is -0.496 e. The zero-order chi connectivity index (χ0) is 15.2. The molecule has 0 amide bonds. The summed E-state index contributed by atoms with van der Waals surface area (Å²) in [6.45, 7) is 8.65. The number of methoxy groups -OCH3 is 1. The highest BCUT2D eigenvalue weighted by molar-refractivity contribution is 5.85. The Labute approximate surface area is 140 Å². The normalized spacial score (nSPS) is 17.1. The van der Waals surface area contributed by atoms with Crippen molar-refractivity contribution in [3.63, 3.8) is 0 Å². The molecule has 1 saturated heterocycles. The van der Waals surface area contributed by atoms with Crippen molar-refractivity contribution in [2.75, 3.05) is 39.9 Å². The lowest BCUT2D eigenvalue weighted by molar-refractivity contribution is 0.139. The molecule has 5 heteroatoms. The van der Waals surface area contributed by atoms with Crippen LogP contribution in [0.15, 0.2) is 18.2 Å². The molecule has 1 aliphatic heterocycles. The van der Waals surface area contributed by atoms with E-state index in [0.717, 1.165) is 38.3 Å². The number of halogens is 1. The van der Waals surface area contributed by atoms with Crippen LogP contribution in [0.5, 0.6) is 5.75 Å². The molecule has 1 aromatic carbocycles. The third-order valence-corrected chi connectivity index (χ3v) is 4.27. The highest BCUT2D eigenvalue weighted by Crippen LogP contribution is 2.34. The molecule has 0 spiro atoms. The van der Waals surface area contributed by atoms with Crippen LogP contribution in [0.1, 0.15) is 43.4 Å². The zero-order valence-corrected chi connectivity index (χ0v) is 14.7. The van der Waals surface area contributed by atoms with Crippen LogP contribution in [0.4, 0.5) is 0 Å². The first-order valence-electron chi connectivity index (χ1n) is 7.90. The van der Waals surface area contributed by atoms with E-state index in [2.05, 4.69) is 42.3 Å². The summed E-state index contributed by atoms with van der Waals surface area (Å²) in [6, 6.07) is 6.69. The molecule has 0 aromatic heterocycles. The molecule has 126 valence electrons. The largest absolute Gasteiger partial charge is 0.496 e. The fourth-order valence-electron chi connectivity index (χ4n) is 3.02. The summed E-state index contributed by atoms with van der Waals surface area (Å²) in [5.74, 6) is 1.42. The van der Waals surface area contributed by atoms with Gasteiger partial charge in [-0.2, -0.15) is 0 Å². The Balaban J connectivity index is 0.00000242. The molecular formula is C17H29ClN2O2. The van der Waals surface area contributed by atoms with Gasteiger partial charge in [0, 0.05) is 44.4 Å². The first-order chi connectivity index (χ1) is 10.2. The number of piperazine rings is 1. The van der Waals surface area contributed by atoms with Gasteiger partial charge in [0.15, 0.2) is 0 Å². The second kappa shape index (κ2) is 9.36. The first kappa shape index (κ1) is 19.2. The van der Waals surface area contributed by atoms with Gasteiger partial charge in [-0.15, -0.1) is 12.4 Å². The number of ether oxygens (including phenoxy) is 1. The maximum absolute atomic E-state index is 9.49. The summed E-state index contributed by atoms with van der Waals surface area (Å²) in [7, 11) is 1.72. The van der Waals surface area contributed by atoms with E-state index in [-0.39, 0.29) is 25.1 Å². The van der Waals surface area contributed by atoms with Crippen LogP contribution >= 0.6 is 12.4 Å². The highest BCUT2D eigenvalue weighted by Gasteiger charge is 2.25. The van der Waals surface area contributed by atoms with Gasteiger partial charge in [0.2, 0.25) is 0 Å². The van der Waals surface area contributed by atoms with Crippen molar-refractivity contribution in [1.82, 2.24) is 10.2 Å². The second-order valence-electron chi connectivity index (χ2n) is 5.97. The Kier molecular flexibility index (Phi) is 8.18. The van der Waals surface area contributed by atoms with E-state index in [1.165, 1.54) is 11.1 Å². The molecule has 0 aliphatic carbocycles. The second-order valence-corrected chi connectivity index (χ2v) is 5.97. The summed E-state index contributed by atoms with van der Waals surface area (Å²) in [6.07, 6.45) is 0.748. The van der Waals surface area contributed by atoms with E-state index in [1.54, 1.807) is 7.11 Å². The van der Waals surface area contributed by atoms with Gasteiger partial charge in [0.1, 0.15) is 5.75 Å². The summed E-state index contributed by atoms with van der Waals surface area (Å²) in [4.78, 5) is 2.45. The van der Waals surface area contributed by atoms with Gasteiger partial charge in [0.05, 0.1) is 7.11 Å². The number of hydrogen-bond acceptors (Lipinski definition) is 4. The summed E-state index contributed by atoms with van der Waals surface area (Å²) in [5.41, 5.74) is 2.53. The molecule has 0 unspecified atom stereocenters. The predicted molar refractivity (Wildman–Crippen MR) is 93.2 cm³/mol. The van der Waals surface area contributed by atoms with Crippen LogP contribution in [-0.2, 0) is 0 Å². The van der Waals surface area contributed by atoms with Gasteiger partial charge in [-0.3, -0.25) is 4.90 Å². The Morgan fingerprint density at radius 1 is 1.27 bits per heavy atom. The minimum atomic E-state index is 0. The molecule has 1 aromatic rings. The zero-order valence-electron chi connectivity index (χ0n) is 13.8. The number of nitrogens with zero attached hydrogens (tertiary/aromatic N) is 1. The van der Waals surface area contributed by atoms with Crippen LogP contribution in [0.25, 0.3) is 0 Å². The SMILES string of the molecule is COc1ccc(C(C)C)cc1[C@H](CCO)N1CCNCC1.Cl. The number of aliphatic hydroxyl groups is 1. The van der Waals surface area contributed by atoms with Gasteiger partial charge in [0.25, 0.3) is 0 Å². The van der Waals surface area contributed by atoms with Gasteiger partial charge in [-0.05, 0) is 24.0 Å². The van der Waals surface area contributed by atoms with Crippen molar-refractivity contribution in [1.29, 1.82) is 0 Å². The maximum atomic E-state index is 9.49. The fraction of sp³-hybridized carbons (Fsp3) is 0.647. The number of nitrogens with one attached hydrogen (secondary N) is 1.